The fourth-order valence-corrected chi connectivity index (χ4v) is 2.50. The molecule has 1 aliphatic rings. The Hall–Kier alpha value is -2.08. The first kappa shape index (κ1) is 16.3. The summed E-state index contributed by atoms with van der Waals surface area (Å²) < 4.78 is 0. The molecule has 120 valence electrons. The predicted octanol–water partition coefficient (Wildman–Crippen LogP) is 0.936. The van der Waals surface area contributed by atoms with Gasteiger partial charge in [-0.25, -0.2) is 0 Å². The van der Waals surface area contributed by atoms with E-state index in [1.54, 1.807) is 0 Å². The van der Waals surface area contributed by atoms with Gasteiger partial charge in [-0.15, -0.1) is 0 Å². The summed E-state index contributed by atoms with van der Waals surface area (Å²) in [5.74, 6) is 0.183. The molecule has 0 atom stereocenters. The third-order valence-corrected chi connectivity index (χ3v) is 3.91. The van der Waals surface area contributed by atoms with Crippen molar-refractivity contribution in [2.45, 2.75) is 19.8 Å². The number of carbonyl (C=O) groups is 2. The van der Waals surface area contributed by atoms with Crippen molar-refractivity contribution in [3.8, 4) is 0 Å². The van der Waals surface area contributed by atoms with E-state index in [1.165, 1.54) is 12.8 Å². The predicted molar refractivity (Wildman–Crippen MR) is 87.7 cm³/mol. The molecule has 1 aromatic rings. The molecule has 1 aliphatic heterocycles. The number of rotatable bonds is 5. The highest BCUT2D eigenvalue weighted by atomic mass is 16.2. The van der Waals surface area contributed by atoms with Crippen molar-refractivity contribution in [1.82, 2.24) is 5.32 Å². The summed E-state index contributed by atoms with van der Waals surface area (Å²) in [6.45, 7) is 4.19. The second kappa shape index (κ2) is 7.79. The van der Waals surface area contributed by atoms with Gasteiger partial charge >= 0.3 is 0 Å². The van der Waals surface area contributed by atoms with Crippen molar-refractivity contribution in [3.05, 3.63) is 24.3 Å². The highest BCUT2D eigenvalue weighted by Crippen LogP contribution is 2.25. The second-order valence-electron chi connectivity index (χ2n) is 5.75. The molecule has 1 fully saturated rings. The number of nitrogens with one attached hydrogen (secondary N) is 2. The molecule has 4 N–H and O–H groups in total. The molecule has 1 heterocycles. The molecule has 0 saturated carbocycles. The third kappa shape index (κ3) is 4.73. The number of anilines is 2. The summed E-state index contributed by atoms with van der Waals surface area (Å²) in [5, 5.41) is 5.24. The van der Waals surface area contributed by atoms with Gasteiger partial charge in [-0.2, -0.15) is 0 Å². The van der Waals surface area contributed by atoms with E-state index >= 15 is 0 Å². The summed E-state index contributed by atoms with van der Waals surface area (Å²) in [5.41, 5.74) is 7.03. The summed E-state index contributed by atoms with van der Waals surface area (Å²) in [6.07, 6.45) is 2.39. The lowest BCUT2D eigenvalue weighted by molar-refractivity contribution is -0.123. The lowest BCUT2D eigenvalue weighted by atomic mass is 9.99. The van der Waals surface area contributed by atoms with Crippen molar-refractivity contribution in [2.75, 3.05) is 36.4 Å². The molecule has 1 aromatic carbocycles. The van der Waals surface area contributed by atoms with Crippen LogP contribution >= 0.6 is 0 Å². The minimum atomic E-state index is -0.341. The molecule has 6 heteroatoms. The number of hydrogen-bond acceptors (Lipinski definition) is 4. The number of benzene rings is 1. The van der Waals surface area contributed by atoms with Gasteiger partial charge in [-0.1, -0.05) is 13.0 Å². The zero-order chi connectivity index (χ0) is 15.9. The standard InChI is InChI=1S/C16H24N4O2/c1-12-5-7-20(8-6-12)14-4-2-3-13(9-14)19-16(22)11-18-15(21)10-17/h2-4,9,12H,5-8,10-11,17H2,1H3,(H,18,21)(H,19,22). The number of amides is 2. The van der Waals surface area contributed by atoms with Crippen molar-refractivity contribution >= 4 is 23.2 Å². The van der Waals surface area contributed by atoms with E-state index in [1.807, 2.05) is 18.2 Å². The molecule has 6 nitrogen and oxygen atoms in total. The Morgan fingerprint density at radius 1 is 1.27 bits per heavy atom. The highest BCUT2D eigenvalue weighted by Gasteiger charge is 2.16. The summed E-state index contributed by atoms with van der Waals surface area (Å²) >= 11 is 0. The number of nitrogens with two attached hydrogens (primary N) is 1. The fraction of sp³-hybridized carbons (Fsp3) is 0.500. The summed E-state index contributed by atoms with van der Waals surface area (Å²) in [4.78, 5) is 25.2. The first-order valence-corrected chi connectivity index (χ1v) is 7.70. The SMILES string of the molecule is CC1CCN(c2cccc(NC(=O)CNC(=O)CN)c2)CC1. The van der Waals surface area contributed by atoms with Crippen LogP contribution in [0.2, 0.25) is 0 Å². The van der Waals surface area contributed by atoms with Crippen LogP contribution in [0.5, 0.6) is 0 Å². The molecule has 0 unspecified atom stereocenters. The molecule has 0 aliphatic carbocycles. The zero-order valence-electron chi connectivity index (χ0n) is 13.0. The van der Waals surface area contributed by atoms with Gasteiger partial charge in [0.25, 0.3) is 0 Å². The van der Waals surface area contributed by atoms with E-state index in [4.69, 9.17) is 5.73 Å². The molecule has 2 rings (SSSR count). The molecule has 2 amide bonds. The molecular weight excluding hydrogens is 280 g/mol. The average molecular weight is 304 g/mol. The van der Waals surface area contributed by atoms with Crippen molar-refractivity contribution < 1.29 is 9.59 Å². The van der Waals surface area contributed by atoms with Gasteiger partial charge in [0.15, 0.2) is 0 Å². The number of piperidine rings is 1. The van der Waals surface area contributed by atoms with Crippen molar-refractivity contribution in [1.29, 1.82) is 0 Å². The second-order valence-corrected chi connectivity index (χ2v) is 5.75. The van der Waals surface area contributed by atoms with Crippen LogP contribution < -0.4 is 21.3 Å². The Morgan fingerprint density at radius 2 is 2.00 bits per heavy atom. The monoisotopic (exact) mass is 304 g/mol. The maximum absolute atomic E-state index is 11.8. The smallest absolute Gasteiger partial charge is 0.243 e. The minimum absolute atomic E-state index is 0.0680. The molecule has 1 saturated heterocycles. The van der Waals surface area contributed by atoms with Crippen molar-refractivity contribution in [2.24, 2.45) is 11.7 Å². The van der Waals surface area contributed by atoms with E-state index in [9.17, 15) is 9.59 Å². The van der Waals surface area contributed by atoms with Crippen molar-refractivity contribution in [3.63, 3.8) is 0 Å². The molecular formula is C16H24N4O2. The zero-order valence-corrected chi connectivity index (χ0v) is 13.0. The van der Waals surface area contributed by atoms with Gasteiger partial charge in [-0.05, 0) is 37.0 Å². The maximum atomic E-state index is 11.8. The topological polar surface area (TPSA) is 87.5 Å². The van der Waals surface area contributed by atoms with Gasteiger partial charge in [-0.3, -0.25) is 9.59 Å². The van der Waals surface area contributed by atoms with Gasteiger partial charge in [0.1, 0.15) is 0 Å². The van der Waals surface area contributed by atoms with Gasteiger partial charge in [0.05, 0.1) is 13.1 Å². The van der Waals surface area contributed by atoms with Crippen LogP contribution in [0, 0.1) is 5.92 Å². The molecule has 0 radical (unpaired) electrons. The van der Waals surface area contributed by atoms with Crippen LogP contribution in [0.4, 0.5) is 11.4 Å². The highest BCUT2D eigenvalue weighted by molar-refractivity contribution is 5.95. The van der Waals surface area contributed by atoms with Crippen LogP contribution in [0.1, 0.15) is 19.8 Å². The molecule has 0 bridgehead atoms. The van der Waals surface area contributed by atoms with Crippen LogP contribution in [0.25, 0.3) is 0 Å². The van der Waals surface area contributed by atoms with Crippen LogP contribution in [0.15, 0.2) is 24.3 Å². The Morgan fingerprint density at radius 3 is 2.68 bits per heavy atom. The van der Waals surface area contributed by atoms with Crippen LogP contribution in [0.3, 0.4) is 0 Å². The Bertz CT molecular complexity index is 525. The van der Waals surface area contributed by atoms with Crippen LogP contribution in [-0.2, 0) is 9.59 Å². The number of hydrogen-bond donors (Lipinski definition) is 3. The molecule has 22 heavy (non-hydrogen) atoms. The van der Waals surface area contributed by atoms with E-state index < -0.39 is 0 Å². The number of nitrogens with zero attached hydrogens (tertiary/aromatic N) is 1. The average Bonchev–Trinajstić information content (AvgIpc) is 2.53. The largest absolute Gasteiger partial charge is 0.371 e. The Labute approximate surface area is 131 Å². The van der Waals surface area contributed by atoms with E-state index in [0.717, 1.165) is 30.4 Å². The fourth-order valence-electron chi connectivity index (χ4n) is 2.50. The third-order valence-electron chi connectivity index (χ3n) is 3.91. The maximum Gasteiger partial charge on any atom is 0.243 e. The van der Waals surface area contributed by atoms with Gasteiger partial charge in [0.2, 0.25) is 11.8 Å². The summed E-state index contributed by atoms with van der Waals surface area (Å²) in [7, 11) is 0. The summed E-state index contributed by atoms with van der Waals surface area (Å²) in [6, 6.07) is 7.81. The molecule has 0 aromatic heterocycles. The number of carbonyl (C=O) groups excluding carboxylic acids is 2. The normalized spacial score (nSPS) is 15.5. The molecule has 0 spiro atoms. The Balaban J connectivity index is 1.91. The van der Waals surface area contributed by atoms with Crippen LogP contribution in [-0.4, -0.2) is 38.0 Å². The van der Waals surface area contributed by atoms with E-state index in [0.29, 0.717) is 0 Å². The van der Waals surface area contributed by atoms with E-state index in [2.05, 4.69) is 28.5 Å². The van der Waals surface area contributed by atoms with E-state index in [-0.39, 0.29) is 24.9 Å². The van der Waals surface area contributed by atoms with Gasteiger partial charge < -0.3 is 21.3 Å². The lowest BCUT2D eigenvalue weighted by Crippen LogP contribution is -2.36. The quantitative estimate of drug-likeness (QED) is 0.755. The first-order chi connectivity index (χ1) is 10.6. The van der Waals surface area contributed by atoms with Gasteiger partial charge in [0, 0.05) is 24.5 Å². The lowest BCUT2D eigenvalue weighted by Gasteiger charge is -2.32. The Kier molecular flexibility index (Phi) is 5.77. The minimum Gasteiger partial charge on any atom is -0.371 e. The first-order valence-electron chi connectivity index (χ1n) is 7.70.